The maximum absolute atomic E-state index is 13.2. The Morgan fingerprint density at radius 3 is 2.74 bits per heavy atom. The minimum Gasteiger partial charge on any atom is -0.492 e. The fourth-order valence-corrected chi connectivity index (χ4v) is 6.90. The highest BCUT2D eigenvalue weighted by atomic mass is 16.5. The van der Waals surface area contributed by atoms with Gasteiger partial charge in [0.25, 0.3) is 5.91 Å². The van der Waals surface area contributed by atoms with Gasteiger partial charge in [-0.1, -0.05) is 18.7 Å². The highest BCUT2D eigenvalue weighted by molar-refractivity contribution is 5.94. The maximum Gasteiger partial charge on any atom is 0.251 e. The topological polar surface area (TPSA) is 114 Å². The lowest BCUT2D eigenvalue weighted by molar-refractivity contribution is -0.0851. The summed E-state index contributed by atoms with van der Waals surface area (Å²) in [5.74, 6) is 1.94. The second kappa shape index (κ2) is 12.9. The van der Waals surface area contributed by atoms with Gasteiger partial charge in [-0.2, -0.15) is 0 Å². The molecule has 9 heteroatoms. The van der Waals surface area contributed by atoms with Gasteiger partial charge in [0.15, 0.2) is 0 Å². The van der Waals surface area contributed by atoms with Crippen LogP contribution in [0.5, 0.6) is 5.75 Å². The van der Waals surface area contributed by atoms with Crippen LogP contribution in [-0.4, -0.2) is 67.0 Å². The van der Waals surface area contributed by atoms with E-state index in [4.69, 9.17) is 20.2 Å². The number of benzene rings is 1. The molecule has 0 radical (unpaired) electrons. The zero-order valence-electron chi connectivity index (χ0n) is 25.2. The summed E-state index contributed by atoms with van der Waals surface area (Å²) in [5.41, 5.74) is 10.7. The predicted octanol–water partition coefficient (Wildman–Crippen LogP) is 4.69. The number of likely N-dealkylation sites (tertiary alicyclic amines) is 1. The van der Waals surface area contributed by atoms with Gasteiger partial charge < -0.3 is 25.8 Å². The molecular weight excluding hydrogens is 540 g/mol. The Labute approximate surface area is 254 Å². The number of pyridine rings is 1. The number of piperidine rings is 1. The lowest BCUT2D eigenvalue weighted by Gasteiger charge is -2.49. The van der Waals surface area contributed by atoms with Crippen LogP contribution >= 0.6 is 0 Å². The molecule has 4 heterocycles. The van der Waals surface area contributed by atoms with Crippen molar-refractivity contribution in [3.8, 4) is 5.75 Å². The molecule has 1 aliphatic carbocycles. The number of rotatable bonds is 9. The molecule has 228 valence electrons. The first-order valence-electron chi connectivity index (χ1n) is 15.6. The first kappa shape index (κ1) is 29.4. The van der Waals surface area contributed by atoms with Crippen molar-refractivity contribution in [1.82, 2.24) is 15.2 Å². The van der Waals surface area contributed by atoms with Crippen LogP contribution in [-0.2, 0) is 17.7 Å². The quantitative estimate of drug-likeness (QED) is 0.367. The van der Waals surface area contributed by atoms with Crippen molar-refractivity contribution in [3.05, 3.63) is 71.2 Å². The summed E-state index contributed by atoms with van der Waals surface area (Å²) >= 11 is 0. The third-order valence-corrected chi connectivity index (χ3v) is 9.74. The Hall–Kier alpha value is -3.69. The van der Waals surface area contributed by atoms with Gasteiger partial charge >= 0.3 is 0 Å². The smallest absolute Gasteiger partial charge is 0.251 e. The monoisotopic (exact) mass is 584 g/mol. The summed E-state index contributed by atoms with van der Waals surface area (Å²) in [4.78, 5) is 24.6. The Morgan fingerprint density at radius 1 is 1.23 bits per heavy atom. The average molecular weight is 585 g/mol. The van der Waals surface area contributed by atoms with Gasteiger partial charge in [0.05, 0.1) is 25.9 Å². The van der Waals surface area contributed by atoms with Gasteiger partial charge in [0.1, 0.15) is 17.4 Å². The fraction of sp³-hybridized carbons (Fsp3) is 0.500. The third kappa shape index (κ3) is 6.78. The van der Waals surface area contributed by atoms with Crippen molar-refractivity contribution in [2.75, 3.05) is 38.2 Å². The van der Waals surface area contributed by atoms with Crippen LogP contribution < -0.4 is 21.1 Å². The normalized spacial score (nSPS) is 20.9. The Kier molecular flexibility index (Phi) is 8.81. The van der Waals surface area contributed by atoms with Gasteiger partial charge in [-0.05, 0) is 93.3 Å². The highest BCUT2D eigenvalue weighted by Crippen LogP contribution is 2.45. The number of allylic oxidation sites excluding steroid dienone is 2. The summed E-state index contributed by atoms with van der Waals surface area (Å²) in [6.07, 6.45) is 13.2. The van der Waals surface area contributed by atoms with E-state index in [1.807, 2.05) is 43.5 Å². The van der Waals surface area contributed by atoms with E-state index >= 15 is 0 Å². The molecule has 0 bridgehead atoms. The first-order chi connectivity index (χ1) is 20.9. The number of aromatic nitrogens is 1. The van der Waals surface area contributed by atoms with Gasteiger partial charge in [0.2, 0.25) is 0 Å². The lowest BCUT2D eigenvalue weighted by atomic mass is 9.66. The molecule has 1 saturated carbocycles. The molecule has 9 nitrogen and oxygen atoms in total. The molecule has 0 unspecified atom stereocenters. The number of nitrogens with one attached hydrogen (secondary N) is 2. The van der Waals surface area contributed by atoms with Crippen molar-refractivity contribution < 1.29 is 14.3 Å². The number of nitrogens with zero attached hydrogens (tertiary/aromatic N) is 3. The molecule has 3 aliphatic heterocycles. The van der Waals surface area contributed by atoms with E-state index in [1.54, 1.807) is 6.21 Å². The average Bonchev–Trinajstić information content (AvgIpc) is 3.48. The van der Waals surface area contributed by atoms with Crippen molar-refractivity contribution in [3.63, 3.8) is 0 Å². The molecule has 1 spiro atoms. The molecule has 2 aromatic rings. The van der Waals surface area contributed by atoms with E-state index in [0.29, 0.717) is 30.2 Å². The number of nitrogens with two attached hydrogens (primary N) is 1. The van der Waals surface area contributed by atoms with E-state index in [0.717, 1.165) is 66.3 Å². The van der Waals surface area contributed by atoms with E-state index in [-0.39, 0.29) is 17.8 Å². The molecule has 43 heavy (non-hydrogen) atoms. The van der Waals surface area contributed by atoms with Gasteiger partial charge in [-0.25, -0.2) is 9.98 Å². The minimum absolute atomic E-state index is 0.0170. The van der Waals surface area contributed by atoms with Crippen molar-refractivity contribution in [1.29, 1.82) is 0 Å². The summed E-state index contributed by atoms with van der Waals surface area (Å²) in [5, 5.41) is 6.81. The minimum atomic E-state index is 0.0170. The van der Waals surface area contributed by atoms with Crippen molar-refractivity contribution in [2.24, 2.45) is 16.1 Å². The van der Waals surface area contributed by atoms with E-state index in [2.05, 4.69) is 27.1 Å². The third-order valence-electron chi connectivity index (χ3n) is 9.74. The van der Waals surface area contributed by atoms with Gasteiger partial charge in [0, 0.05) is 48.1 Å². The Balaban J connectivity index is 1.02. The van der Waals surface area contributed by atoms with Gasteiger partial charge in [-0.15, -0.1) is 0 Å². The zero-order chi connectivity index (χ0) is 29.8. The van der Waals surface area contributed by atoms with Gasteiger partial charge in [-0.3, -0.25) is 9.69 Å². The van der Waals surface area contributed by atoms with Crippen LogP contribution in [0.15, 0.2) is 53.9 Å². The Morgan fingerprint density at radius 2 is 2.02 bits per heavy atom. The molecule has 1 amide bonds. The standard InChI is InChI=1S/C34H44N6O3/c1-23(8-14-36-24(2)35)30-20-38-32(29-9-17-43-31(29)30)37-19-25-4-3-5-26(18-25)33(41)39-27-6-10-34(11-7-27)12-15-40(16-13-34)28-21-42-22-28/h3-5,8,14,18,20,27-28H,2,6-7,9-13,15-17,19,21-22,35H2,1H3,(H,37,38)(H,39,41)/b23-8+,36-14?. The highest BCUT2D eigenvalue weighted by Gasteiger charge is 2.40. The van der Waals surface area contributed by atoms with E-state index in [1.165, 1.54) is 38.8 Å². The number of anilines is 1. The molecule has 4 N–H and O–H groups in total. The van der Waals surface area contributed by atoms with Crippen LogP contribution in [0.3, 0.4) is 0 Å². The summed E-state index contributed by atoms with van der Waals surface area (Å²) < 4.78 is 11.4. The summed E-state index contributed by atoms with van der Waals surface area (Å²) in [6, 6.07) is 8.78. The summed E-state index contributed by atoms with van der Waals surface area (Å²) in [6.45, 7) is 11.0. The molecule has 1 aromatic heterocycles. The van der Waals surface area contributed by atoms with Crippen LogP contribution in [0, 0.1) is 5.41 Å². The first-order valence-corrected chi connectivity index (χ1v) is 15.6. The number of fused-ring (bicyclic) bond motifs is 1. The molecule has 3 fully saturated rings. The predicted molar refractivity (Wildman–Crippen MR) is 170 cm³/mol. The SMILES string of the molecule is C=C(N)N=C/C=C(\C)c1cnc(NCc2cccc(C(=O)NC3CCC4(CC3)CCN(C3COC3)CC4)c2)c2c1OCC2. The second-order valence-corrected chi connectivity index (χ2v) is 12.6. The number of hydrogen-bond acceptors (Lipinski definition) is 8. The molecule has 0 atom stereocenters. The molecule has 2 saturated heterocycles. The van der Waals surface area contributed by atoms with Crippen LogP contribution in [0.25, 0.3) is 5.57 Å². The Bertz CT molecular complexity index is 1400. The number of ether oxygens (including phenoxy) is 2. The van der Waals surface area contributed by atoms with Crippen LogP contribution in [0.4, 0.5) is 5.82 Å². The summed E-state index contributed by atoms with van der Waals surface area (Å²) in [7, 11) is 0. The number of aliphatic imine (C=N–C) groups is 1. The van der Waals surface area contributed by atoms with Crippen molar-refractivity contribution in [2.45, 2.75) is 70.5 Å². The number of amides is 1. The number of hydrogen-bond donors (Lipinski definition) is 3. The maximum atomic E-state index is 13.2. The second-order valence-electron chi connectivity index (χ2n) is 12.6. The number of carbonyl (C=O) groups excluding carboxylic acids is 1. The molecule has 6 rings (SSSR count). The molecule has 4 aliphatic rings. The largest absolute Gasteiger partial charge is 0.492 e. The van der Waals surface area contributed by atoms with E-state index in [9.17, 15) is 4.79 Å². The molecule has 1 aromatic carbocycles. The zero-order valence-corrected chi connectivity index (χ0v) is 25.2. The van der Waals surface area contributed by atoms with Crippen LogP contribution in [0.1, 0.15) is 72.5 Å². The number of carbonyl (C=O) groups is 1. The van der Waals surface area contributed by atoms with Crippen molar-refractivity contribution >= 4 is 23.5 Å². The fourth-order valence-electron chi connectivity index (χ4n) is 6.90. The van der Waals surface area contributed by atoms with E-state index < -0.39 is 0 Å². The van der Waals surface area contributed by atoms with Crippen LogP contribution in [0.2, 0.25) is 0 Å². The lowest BCUT2D eigenvalue weighted by Crippen LogP contribution is -2.54. The molecular formula is C34H44N6O3.